The van der Waals surface area contributed by atoms with Gasteiger partial charge >= 0.3 is 0 Å². The van der Waals surface area contributed by atoms with Gasteiger partial charge in [0.25, 0.3) is 21.8 Å². The zero-order valence-electron chi connectivity index (χ0n) is 12.2. The Morgan fingerprint density at radius 2 is 2.17 bits per heavy atom. The highest BCUT2D eigenvalue weighted by Crippen LogP contribution is 2.33. The van der Waals surface area contributed by atoms with Crippen molar-refractivity contribution in [3.05, 3.63) is 29.6 Å². The van der Waals surface area contributed by atoms with Crippen LogP contribution in [0.3, 0.4) is 0 Å². The monoisotopic (exact) mass is 335 g/mol. The summed E-state index contributed by atoms with van der Waals surface area (Å²) in [6.07, 6.45) is 0.830. The van der Waals surface area contributed by atoms with Gasteiger partial charge < -0.3 is 9.26 Å². The normalized spacial score (nSPS) is 22.6. The van der Waals surface area contributed by atoms with Crippen molar-refractivity contribution >= 4 is 15.9 Å². The SMILES string of the molecule is CN1C(=O)c2ccc(-c3nc(C4CCOC4)no3)cc2S1(=O)=O. The fourth-order valence-corrected chi connectivity index (χ4v) is 4.05. The predicted octanol–water partition coefficient (Wildman–Crippen LogP) is 1.01. The van der Waals surface area contributed by atoms with E-state index >= 15 is 0 Å². The van der Waals surface area contributed by atoms with E-state index in [0.29, 0.717) is 24.6 Å². The third-order valence-corrected chi connectivity index (χ3v) is 5.90. The Hall–Kier alpha value is -2.26. The topological polar surface area (TPSA) is 103 Å². The van der Waals surface area contributed by atoms with Crippen molar-refractivity contribution in [3.8, 4) is 11.5 Å². The summed E-state index contributed by atoms with van der Waals surface area (Å²) in [5, 5.41) is 3.94. The molecule has 2 aromatic rings. The Labute approximate surface area is 132 Å². The minimum Gasteiger partial charge on any atom is -0.381 e. The number of nitrogens with zero attached hydrogens (tertiary/aromatic N) is 3. The van der Waals surface area contributed by atoms with E-state index in [1.807, 2.05) is 0 Å². The number of rotatable bonds is 2. The number of aromatic nitrogens is 2. The number of hydrogen-bond acceptors (Lipinski definition) is 7. The first-order valence-electron chi connectivity index (χ1n) is 7.07. The second-order valence-corrected chi connectivity index (χ2v) is 7.44. The molecular weight excluding hydrogens is 322 g/mol. The molecule has 0 saturated carbocycles. The molecule has 4 rings (SSSR count). The highest BCUT2D eigenvalue weighted by Gasteiger charge is 2.39. The van der Waals surface area contributed by atoms with Gasteiger partial charge in [-0.3, -0.25) is 4.79 Å². The molecule has 1 aromatic heterocycles. The van der Waals surface area contributed by atoms with E-state index in [-0.39, 0.29) is 22.3 Å². The van der Waals surface area contributed by atoms with Gasteiger partial charge in [0, 0.05) is 25.1 Å². The Kier molecular flexibility index (Phi) is 3.03. The lowest BCUT2D eigenvalue weighted by atomic mass is 10.1. The fourth-order valence-electron chi connectivity index (χ4n) is 2.73. The molecule has 1 amide bonds. The van der Waals surface area contributed by atoms with Gasteiger partial charge in [-0.05, 0) is 24.6 Å². The Balaban J connectivity index is 1.75. The number of sulfonamides is 1. The van der Waals surface area contributed by atoms with Crippen LogP contribution in [-0.4, -0.2) is 49.0 Å². The molecule has 0 aliphatic carbocycles. The maximum Gasteiger partial charge on any atom is 0.268 e. The molecule has 23 heavy (non-hydrogen) atoms. The van der Waals surface area contributed by atoms with Crippen molar-refractivity contribution < 1.29 is 22.5 Å². The average molecular weight is 335 g/mol. The number of fused-ring (bicyclic) bond motifs is 1. The summed E-state index contributed by atoms with van der Waals surface area (Å²) in [6, 6.07) is 4.47. The molecule has 1 fully saturated rings. The Morgan fingerprint density at radius 1 is 1.35 bits per heavy atom. The van der Waals surface area contributed by atoms with Gasteiger partial charge in [-0.25, -0.2) is 12.7 Å². The molecule has 2 aliphatic heterocycles. The summed E-state index contributed by atoms with van der Waals surface area (Å²) < 4.78 is 35.7. The number of carbonyl (C=O) groups excluding carboxylic acids is 1. The van der Waals surface area contributed by atoms with Gasteiger partial charge in [0.15, 0.2) is 5.82 Å². The molecule has 2 aliphatic rings. The van der Waals surface area contributed by atoms with Gasteiger partial charge in [-0.2, -0.15) is 4.98 Å². The smallest absolute Gasteiger partial charge is 0.268 e. The lowest BCUT2D eigenvalue weighted by Gasteiger charge is -2.05. The maximum absolute atomic E-state index is 12.2. The quantitative estimate of drug-likeness (QED) is 0.807. The van der Waals surface area contributed by atoms with Gasteiger partial charge in [0.1, 0.15) is 4.90 Å². The van der Waals surface area contributed by atoms with E-state index in [1.54, 1.807) is 6.07 Å². The number of hydrogen-bond donors (Lipinski definition) is 0. The molecular formula is C14H13N3O5S. The van der Waals surface area contributed by atoms with Gasteiger partial charge in [0.05, 0.1) is 12.2 Å². The molecule has 1 atom stereocenters. The summed E-state index contributed by atoms with van der Waals surface area (Å²) in [5.41, 5.74) is 0.619. The summed E-state index contributed by atoms with van der Waals surface area (Å²) in [4.78, 5) is 16.2. The molecule has 9 heteroatoms. The van der Waals surface area contributed by atoms with E-state index < -0.39 is 15.9 Å². The minimum absolute atomic E-state index is 0.0357. The van der Waals surface area contributed by atoms with Crippen molar-refractivity contribution in [2.24, 2.45) is 0 Å². The van der Waals surface area contributed by atoms with Crippen LogP contribution >= 0.6 is 0 Å². The number of amides is 1. The van der Waals surface area contributed by atoms with Gasteiger partial charge in [0.2, 0.25) is 0 Å². The largest absolute Gasteiger partial charge is 0.381 e. The number of benzene rings is 1. The first-order chi connectivity index (χ1) is 11.0. The van der Waals surface area contributed by atoms with Crippen LogP contribution in [0.2, 0.25) is 0 Å². The summed E-state index contributed by atoms with van der Waals surface area (Å²) >= 11 is 0. The fraction of sp³-hybridized carbons (Fsp3) is 0.357. The van der Waals surface area contributed by atoms with E-state index in [1.165, 1.54) is 19.2 Å². The second-order valence-electron chi connectivity index (χ2n) is 5.51. The Bertz CT molecular complexity index is 899. The third kappa shape index (κ3) is 2.07. The summed E-state index contributed by atoms with van der Waals surface area (Å²) in [5.74, 6) is 0.334. The van der Waals surface area contributed by atoms with Crippen molar-refractivity contribution in [2.75, 3.05) is 20.3 Å². The minimum atomic E-state index is -3.80. The Morgan fingerprint density at radius 3 is 2.91 bits per heavy atom. The molecule has 1 saturated heterocycles. The highest BCUT2D eigenvalue weighted by molar-refractivity contribution is 7.90. The van der Waals surface area contributed by atoms with E-state index in [2.05, 4.69) is 10.1 Å². The van der Waals surface area contributed by atoms with Crippen molar-refractivity contribution in [2.45, 2.75) is 17.2 Å². The van der Waals surface area contributed by atoms with Crippen LogP contribution in [0.15, 0.2) is 27.6 Å². The average Bonchev–Trinajstić information content (AvgIpc) is 3.25. The third-order valence-electron chi connectivity index (χ3n) is 4.12. The van der Waals surface area contributed by atoms with Crippen LogP contribution in [0, 0.1) is 0 Å². The zero-order chi connectivity index (χ0) is 16.2. The molecule has 120 valence electrons. The van der Waals surface area contributed by atoms with Crippen LogP contribution in [0.1, 0.15) is 28.5 Å². The van der Waals surface area contributed by atoms with Crippen molar-refractivity contribution in [3.63, 3.8) is 0 Å². The molecule has 0 spiro atoms. The van der Waals surface area contributed by atoms with Crippen LogP contribution in [0.4, 0.5) is 0 Å². The lowest BCUT2D eigenvalue weighted by Crippen LogP contribution is -2.24. The molecule has 1 unspecified atom stereocenters. The summed E-state index contributed by atoms with van der Waals surface area (Å²) in [6.45, 7) is 1.22. The molecule has 0 N–H and O–H groups in total. The standard InChI is InChI=1S/C14H13N3O5S/c1-17-14(18)10-3-2-8(6-11(10)23(17,19)20)13-15-12(16-22-13)9-4-5-21-7-9/h2-3,6,9H,4-5,7H2,1H3. The van der Waals surface area contributed by atoms with Gasteiger partial charge in [-0.15, -0.1) is 0 Å². The van der Waals surface area contributed by atoms with E-state index in [0.717, 1.165) is 10.7 Å². The molecule has 8 nitrogen and oxygen atoms in total. The first kappa shape index (κ1) is 14.3. The molecule has 0 bridgehead atoms. The van der Waals surface area contributed by atoms with Gasteiger partial charge in [-0.1, -0.05) is 5.16 Å². The molecule has 0 radical (unpaired) electrons. The van der Waals surface area contributed by atoms with E-state index in [9.17, 15) is 13.2 Å². The van der Waals surface area contributed by atoms with Crippen LogP contribution in [-0.2, 0) is 14.8 Å². The molecule has 3 heterocycles. The highest BCUT2D eigenvalue weighted by atomic mass is 32.2. The molecule has 1 aromatic carbocycles. The predicted molar refractivity (Wildman–Crippen MR) is 77.2 cm³/mol. The summed E-state index contributed by atoms with van der Waals surface area (Å²) in [7, 11) is -2.56. The van der Waals surface area contributed by atoms with E-state index in [4.69, 9.17) is 9.26 Å². The maximum atomic E-state index is 12.2. The zero-order valence-corrected chi connectivity index (χ0v) is 13.0. The lowest BCUT2D eigenvalue weighted by molar-refractivity contribution is 0.0891. The van der Waals surface area contributed by atoms with Crippen LogP contribution < -0.4 is 0 Å². The number of carbonyl (C=O) groups is 1. The number of ether oxygens (including phenoxy) is 1. The van der Waals surface area contributed by atoms with Crippen molar-refractivity contribution in [1.82, 2.24) is 14.4 Å². The van der Waals surface area contributed by atoms with Crippen LogP contribution in [0.5, 0.6) is 0 Å². The van der Waals surface area contributed by atoms with Crippen molar-refractivity contribution in [1.29, 1.82) is 0 Å². The second kappa shape index (κ2) is 4.87. The first-order valence-corrected chi connectivity index (χ1v) is 8.51. The van der Waals surface area contributed by atoms with Crippen LogP contribution in [0.25, 0.3) is 11.5 Å².